The minimum Gasteiger partial charge on any atom is -0.399 e. The van der Waals surface area contributed by atoms with Crippen molar-refractivity contribution >= 4 is 34.3 Å². The maximum Gasteiger partial charge on any atom is 0.256 e. The molecule has 5 N–H and O–H groups in total. The van der Waals surface area contributed by atoms with Crippen molar-refractivity contribution in [2.24, 2.45) is 0 Å². The van der Waals surface area contributed by atoms with Gasteiger partial charge in [0.05, 0.1) is 11.9 Å². The van der Waals surface area contributed by atoms with Crippen LogP contribution < -0.4 is 16.8 Å². The molecule has 168 valence electrons. The monoisotopic (exact) mass is 450 g/mol. The van der Waals surface area contributed by atoms with Crippen molar-refractivity contribution in [2.75, 3.05) is 16.8 Å². The zero-order valence-corrected chi connectivity index (χ0v) is 18.4. The number of pyridine rings is 1. The number of anilines is 3. The second kappa shape index (κ2) is 8.62. The molecule has 0 radical (unpaired) electrons. The molecule has 0 saturated carbocycles. The molecular weight excluding hydrogens is 428 g/mol. The van der Waals surface area contributed by atoms with Crippen LogP contribution in [0.3, 0.4) is 0 Å². The maximum atomic E-state index is 12.7. The van der Waals surface area contributed by atoms with Crippen LogP contribution in [0.5, 0.6) is 0 Å². The molecule has 0 aliphatic rings. The highest BCUT2D eigenvalue weighted by Gasteiger charge is 2.18. The van der Waals surface area contributed by atoms with Crippen LogP contribution in [0.25, 0.3) is 22.3 Å². The quantitative estimate of drug-likeness (QED) is 0.347. The van der Waals surface area contributed by atoms with E-state index in [4.69, 9.17) is 16.6 Å². The first-order valence-electron chi connectivity index (χ1n) is 10.6. The predicted octanol–water partition coefficient (Wildman–Crippen LogP) is 3.66. The number of carbonyl (C=O) groups excluding carboxylic acids is 1. The third kappa shape index (κ3) is 4.14. The number of aryl methyl sites for hydroxylation is 1. The average molecular weight is 451 g/mol. The Morgan fingerprint density at radius 1 is 0.971 bits per heavy atom. The highest BCUT2D eigenvalue weighted by molar-refractivity contribution is 6.04. The van der Waals surface area contributed by atoms with E-state index in [1.807, 2.05) is 55.5 Å². The lowest BCUT2D eigenvalue weighted by Gasteiger charge is -2.06. The van der Waals surface area contributed by atoms with E-state index in [0.29, 0.717) is 46.2 Å². The number of nitrogens with one attached hydrogen (secondary N) is 1. The molecule has 3 heterocycles. The lowest BCUT2D eigenvalue weighted by molar-refractivity contribution is 0.102. The van der Waals surface area contributed by atoms with Gasteiger partial charge in [-0.2, -0.15) is 5.10 Å². The molecule has 0 saturated heterocycles. The molecule has 5 aromatic rings. The number of aromatic nitrogens is 5. The average Bonchev–Trinajstić information content (AvgIpc) is 3.20. The van der Waals surface area contributed by atoms with Crippen molar-refractivity contribution in [2.45, 2.75) is 13.5 Å². The van der Waals surface area contributed by atoms with E-state index in [9.17, 15) is 4.79 Å². The van der Waals surface area contributed by atoms with Gasteiger partial charge < -0.3 is 16.8 Å². The van der Waals surface area contributed by atoms with Crippen LogP contribution in [0.15, 0.2) is 73.2 Å². The molecule has 5 rings (SSSR count). The van der Waals surface area contributed by atoms with Crippen LogP contribution in [0, 0.1) is 6.92 Å². The fraction of sp³-hybridized carbons (Fsp3) is 0.0800. The van der Waals surface area contributed by atoms with E-state index in [1.165, 1.54) is 6.33 Å². The van der Waals surface area contributed by atoms with E-state index in [1.54, 1.807) is 23.0 Å². The normalized spacial score (nSPS) is 11.0. The highest BCUT2D eigenvalue weighted by Crippen LogP contribution is 2.30. The second-order valence-corrected chi connectivity index (χ2v) is 7.96. The fourth-order valence-electron chi connectivity index (χ4n) is 3.71. The van der Waals surface area contributed by atoms with Crippen molar-refractivity contribution in [1.82, 2.24) is 24.7 Å². The van der Waals surface area contributed by atoms with Crippen LogP contribution >= 0.6 is 0 Å². The molecule has 0 fully saturated rings. The Morgan fingerprint density at radius 3 is 2.47 bits per heavy atom. The summed E-state index contributed by atoms with van der Waals surface area (Å²) in [6.45, 7) is 2.44. The molecule has 0 atom stereocenters. The molecule has 0 aliphatic carbocycles. The van der Waals surface area contributed by atoms with E-state index in [-0.39, 0.29) is 5.91 Å². The number of nitrogens with two attached hydrogens (primary N) is 2. The number of benzene rings is 2. The summed E-state index contributed by atoms with van der Waals surface area (Å²) >= 11 is 0. The van der Waals surface area contributed by atoms with Gasteiger partial charge in [-0.25, -0.2) is 19.6 Å². The van der Waals surface area contributed by atoms with Gasteiger partial charge in [0.15, 0.2) is 5.65 Å². The Hall–Kier alpha value is -4.79. The zero-order chi connectivity index (χ0) is 23.7. The highest BCUT2D eigenvalue weighted by atomic mass is 16.1. The number of nitrogens with zero attached hydrogens (tertiary/aromatic N) is 5. The standard InChI is InChI=1S/C25H22N8O/c1-15-10-11-28-20(12-15)31-25(34)18-6-4-17(5-7-18)22-21-23(27)29-14-30-24(21)33(32-22)13-16-2-8-19(26)9-3-16/h2-12,14H,13,26H2,1H3,(H2,27,29,30)(H,28,31,34). The molecule has 9 nitrogen and oxygen atoms in total. The van der Waals surface area contributed by atoms with Crippen molar-refractivity contribution in [1.29, 1.82) is 0 Å². The van der Waals surface area contributed by atoms with Gasteiger partial charge >= 0.3 is 0 Å². The molecule has 0 unspecified atom stereocenters. The molecule has 9 heteroatoms. The first-order chi connectivity index (χ1) is 16.5. The van der Waals surface area contributed by atoms with Crippen LogP contribution in [0.2, 0.25) is 0 Å². The van der Waals surface area contributed by atoms with Crippen LogP contribution in [-0.2, 0) is 6.54 Å². The van der Waals surface area contributed by atoms with E-state index >= 15 is 0 Å². The Kier molecular flexibility index (Phi) is 5.35. The van der Waals surface area contributed by atoms with Crippen LogP contribution in [-0.4, -0.2) is 30.6 Å². The minimum absolute atomic E-state index is 0.244. The maximum absolute atomic E-state index is 12.7. The number of hydrogen-bond acceptors (Lipinski definition) is 7. The number of nitrogen functional groups attached to an aromatic ring is 2. The van der Waals surface area contributed by atoms with Gasteiger partial charge in [-0.05, 0) is 54.4 Å². The first-order valence-corrected chi connectivity index (χ1v) is 10.6. The van der Waals surface area contributed by atoms with Gasteiger partial charge in [0, 0.05) is 23.0 Å². The summed E-state index contributed by atoms with van der Waals surface area (Å²) in [7, 11) is 0. The lowest BCUT2D eigenvalue weighted by Crippen LogP contribution is -2.12. The lowest BCUT2D eigenvalue weighted by atomic mass is 10.1. The van der Waals surface area contributed by atoms with Crippen LogP contribution in [0.1, 0.15) is 21.5 Å². The molecule has 3 aromatic heterocycles. The van der Waals surface area contributed by atoms with Gasteiger partial charge in [-0.15, -0.1) is 0 Å². The van der Waals surface area contributed by atoms with Crippen molar-refractivity contribution in [3.05, 3.63) is 89.9 Å². The van der Waals surface area contributed by atoms with Gasteiger partial charge in [-0.3, -0.25) is 4.79 Å². The summed E-state index contributed by atoms with van der Waals surface area (Å²) in [6.07, 6.45) is 3.09. The summed E-state index contributed by atoms with van der Waals surface area (Å²) in [5.74, 6) is 0.605. The summed E-state index contributed by atoms with van der Waals surface area (Å²) in [6, 6.07) is 18.4. The summed E-state index contributed by atoms with van der Waals surface area (Å²) < 4.78 is 1.79. The molecule has 0 aliphatic heterocycles. The predicted molar refractivity (Wildman–Crippen MR) is 132 cm³/mol. The zero-order valence-electron chi connectivity index (χ0n) is 18.4. The molecule has 34 heavy (non-hydrogen) atoms. The Bertz CT molecular complexity index is 1490. The first kappa shape index (κ1) is 21.1. The number of rotatable bonds is 5. The van der Waals surface area contributed by atoms with Gasteiger partial charge in [-0.1, -0.05) is 24.3 Å². The molecule has 0 bridgehead atoms. The molecule has 0 spiro atoms. The van der Waals surface area contributed by atoms with E-state index in [0.717, 1.165) is 16.7 Å². The minimum atomic E-state index is -0.244. The Morgan fingerprint density at radius 2 is 1.74 bits per heavy atom. The second-order valence-electron chi connectivity index (χ2n) is 7.96. The Balaban J connectivity index is 1.46. The SMILES string of the molecule is Cc1ccnc(NC(=O)c2ccc(-c3nn(Cc4ccc(N)cc4)c4ncnc(N)c34)cc2)c1. The van der Waals surface area contributed by atoms with Gasteiger partial charge in [0.1, 0.15) is 23.7 Å². The fourth-order valence-corrected chi connectivity index (χ4v) is 3.71. The smallest absolute Gasteiger partial charge is 0.256 e. The third-order valence-electron chi connectivity index (χ3n) is 5.45. The van der Waals surface area contributed by atoms with Crippen LogP contribution in [0.4, 0.5) is 17.3 Å². The molecular formula is C25H22N8O. The van der Waals surface area contributed by atoms with Crippen molar-refractivity contribution in [3.8, 4) is 11.3 Å². The Labute approximate surface area is 195 Å². The number of fused-ring (bicyclic) bond motifs is 1. The van der Waals surface area contributed by atoms with Crippen molar-refractivity contribution in [3.63, 3.8) is 0 Å². The van der Waals surface area contributed by atoms with E-state index < -0.39 is 0 Å². The number of carbonyl (C=O) groups is 1. The topological polar surface area (TPSA) is 138 Å². The van der Waals surface area contributed by atoms with Gasteiger partial charge in [0.25, 0.3) is 5.91 Å². The summed E-state index contributed by atoms with van der Waals surface area (Å²) in [5, 5.41) is 8.26. The molecule has 2 aromatic carbocycles. The van der Waals surface area contributed by atoms with E-state index in [2.05, 4.69) is 20.3 Å². The largest absolute Gasteiger partial charge is 0.399 e. The third-order valence-corrected chi connectivity index (χ3v) is 5.45. The summed E-state index contributed by atoms with van der Waals surface area (Å²) in [5.41, 5.74) is 17.3. The van der Waals surface area contributed by atoms with Gasteiger partial charge in [0.2, 0.25) is 0 Å². The molecule has 1 amide bonds. The summed E-state index contributed by atoms with van der Waals surface area (Å²) in [4.78, 5) is 25.4. The number of hydrogen-bond donors (Lipinski definition) is 3. The number of amides is 1. The van der Waals surface area contributed by atoms with Crippen molar-refractivity contribution < 1.29 is 4.79 Å².